The van der Waals surface area contributed by atoms with E-state index in [0.717, 1.165) is 33.6 Å². The molecule has 1 aliphatic heterocycles. The van der Waals surface area contributed by atoms with E-state index in [9.17, 15) is 5.11 Å². The quantitative estimate of drug-likeness (QED) is 0.0825. The topological polar surface area (TPSA) is 66.4 Å². The molecule has 5 aromatic rings. The number of aliphatic hydroxyl groups is 1. The summed E-state index contributed by atoms with van der Waals surface area (Å²) < 4.78 is 32.7. The lowest BCUT2D eigenvalue weighted by Crippen LogP contribution is -2.48. The van der Waals surface area contributed by atoms with Crippen LogP contribution in [0.2, 0.25) is 0 Å². The molecular formula is C45H51O6S+. The van der Waals surface area contributed by atoms with Gasteiger partial charge in [-0.05, 0) is 34.7 Å². The van der Waals surface area contributed by atoms with Crippen LogP contribution in [0.3, 0.4) is 0 Å². The number of rotatable bonds is 20. The minimum absolute atomic E-state index is 0.00198. The van der Waals surface area contributed by atoms with Crippen molar-refractivity contribution in [3.8, 4) is 0 Å². The largest absolute Gasteiger partial charge is 0.385 e. The van der Waals surface area contributed by atoms with Gasteiger partial charge in [0.25, 0.3) is 0 Å². The van der Waals surface area contributed by atoms with E-state index in [0.29, 0.717) is 39.6 Å². The first-order chi connectivity index (χ1) is 25.6. The highest BCUT2D eigenvalue weighted by atomic mass is 32.2. The van der Waals surface area contributed by atoms with Gasteiger partial charge in [-0.25, -0.2) is 0 Å². The molecule has 0 bridgehead atoms. The van der Waals surface area contributed by atoms with E-state index in [-0.39, 0.29) is 40.2 Å². The molecule has 1 fully saturated rings. The zero-order valence-corrected chi connectivity index (χ0v) is 30.8. The van der Waals surface area contributed by atoms with Crippen molar-refractivity contribution in [1.82, 2.24) is 0 Å². The van der Waals surface area contributed by atoms with Crippen molar-refractivity contribution in [2.45, 2.75) is 74.9 Å². The molecule has 5 aromatic carbocycles. The van der Waals surface area contributed by atoms with Crippen LogP contribution in [0.1, 0.15) is 34.7 Å². The maximum absolute atomic E-state index is 12.2. The Kier molecular flexibility index (Phi) is 14.9. The standard InChI is InChI=1S/C45H51O6S/c1-35(44(46)41(49-29-38-21-11-4-12-22-38)32-47-27-36-17-7-2-8-18-36)52-34-42(50-30-39-23-13-5-14-24-39)45(51-31-40-25-15-6-16-26-40)43(52)33-48-28-37-19-9-3-10-20-37/h2-26,35,41-46H,27-34H2,1H3/q+1/t35-,41+,42-,43?,44+,45-,52?/m0/s1. The average Bonchev–Trinajstić information content (AvgIpc) is 3.55. The van der Waals surface area contributed by atoms with Gasteiger partial charge in [0.1, 0.15) is 35.4 Å². The molecule has 0 radical (unpaired) electrons. The first-order valence-electron chi connectivity index (χ1n) is 18.2. The van der Waals surface area contributed by atoms with Crippen molar-refractivity contribution in [2.75, 3.05) is 19.0 Å². The van der Waals surface area contributed by atoms with Crippen LogP contribution in [0.15, 0.2) is 152 Å². The molecule has 7 heteroatoms. The molecule has 7 atom stereocenters. The third-order valence-corrected chi connectivity index (χ3v) is 12.6. The van der Waals surface area contributed by atoms with E-state index in [1.807, 2.05) is 115 Å². The third kappa shape index (κ3) is 11.4. The molecule has 6 rings (SSSR count). The molecule has 1 aliphatic rings. The molecule has 0 saturated carbocycles. The Morgan fingerprint density at radius 3 is 1.48 bits per heavy atom. The summed E-state index contributed by atoms with van der Waals surface area (Å²) in [5.41, 5.74) is 5.48. The Balaban J connectivity index is 1.22. The van der Waals surface area contributed by atoms with Gasteiger partial charge in [-0.2, -0.15) is 0 Å². The second kappa shape index (κ2) is 20.5. The molecule has 0 spiro atoms. The summed E-state index contributed by atoms with van der Waals surface area (Å²) in [5.74, 6) is 0.750. The maximum Gasteiger partial charge on any atom is 0.170 e. The monoisotopic (exact) mass is 719 g/mol. The molecule has 0 aromatic heterocycles. The molecule has 2 unspecified atom stereocenters. The van der Waals surface area contributed by atoms with Gasteiger partial charge in [-0.15, -0.1) is 0 Å². The van der Waals surface area contributed by atoms with Gasteiger partial charge in [0.2, 0.25) is 0 Å². The summed E-state index contributed by atoms with van der Waals surface area (Å²) in [4.78, 5) is 0. The van der Waals surface area contributed by atoms with E-state index in [1.54, 1.807) is 0 Å². The summed E-state index contributed by atoms with van der Waals surface area (Å²) in [6.45, 7) is 5.17. The molecule has 1 N–H and O–H groups in total. The lowest BCUT2D eigenvalue weighted by Gasteiger charge is -2.29. The minimum Gasteiger partial charge on any atom is -0.385 e. The second-order valence-electron chi connectivity index (χ2n) is 13.3. The van der Waals surface area contributed by atoms with E-state index in [1.165, 1.54) is 0 Å². The van der Waals surface area contributed by atoms with Gasteiger partial charge in [0.05, 0.1) is 46.2 Å². The highest BCUT2D eigenvalue weighted by Gasteiger charge is 2.56. The molecular weight excluding hydrogens is 669 g/mol. The van der Waals surface area contributed by atoms with Crippen molar-refractivity contribution in [2.24, 2.45) is 0 Å². The van der Waals surface area contributed by atoms with Crippen LogP contribution in [0, 0.1) is 0 Å². The molecule has 52 heavy (non-hydrogen) atoms. The van der Waals surface area contributed by atoms with Crippen LogP contribution in [-0.4, -0.2) is 59.0 Å². The second-order valence-corrected chi connectivity index (χ2v) is 15.9. The Hall–Kier alpha value is -3.79. The fraction of sp³-hybridized carbons (Fsp3) is 0.333. The van der Waals surface area contributed by atoms with Crippen LogP contribution >= 0.6 is 0 Å². The van der Waals surface area contributed by atoms with Gasteiger partial charge in [-0.1, -0.05) is 152 Å². The minimum atomic E-state index is -0.790. The Labute approximate surface area is 312 Å². The van der Waals surface area contributed by atoms with Gasteiger partial charge in [-0.3, -0.25) is 0 Å². The highest BCUT2D eigenvalue weighted by Crippen LogP contribution is 2.35. The van der Waals surface area contributed by atoms with Crippen molar-refractivity contribution >= 4 is 10.9 Å². The first kappa shape index (κ1) is 38.0. The summed E-state index contributed by atoms with van der Waals surface area (Å²) in [6, 6.07) is 51.0. The Morgan fingerprint density at radius 1 is 0.558 bits per heavy atom. The lowest BCUT2D eigenvalue weighted by atomic mass is 10.1. The van der Waals surface area contributed by atoms with Crippen LogP contribution in [0.4, 0.5) is 0 Å². The van der Waals surface area contributed by atoms with Crippen LogP contribution in [0.25, 0.3) is 0 Å². The van der Waals surface area contributed by atoms with E-state index in [4.69, 9.17) is 23.7 Å². The summed E-state index contributed by atoms with van der Waals surface area (Å²) in [7, 11) is -0.344. The normalized spacial score (nSPS) is 20.3. The van der Waals surface area contributed by atoms with Crippen LogP contribution in [0.5, 0.6) is 0 Å². The van der Waals surface area contributed by atoms with Gasteiger partial charge in [0.15, 0.2) is 5.25 Å². The fourth-order valence-corrected chi connectivity index (χ4v) is 9.74. The maximum atomic E-state index is 12.2. The lowest BCUT2D eigenvalue weighted by molar-refractivity contribution is -0.0884. The summed E-state index contributed by atoms with van der Waals surface area (Å²) in [6.07, 6.45) is -1.73. The predicted octanol–water partition coefficient (Wildman–Crippen LogP) is 7.93. The first-order valence-corrected chi connectivity index (χ1v) is 19.7. The molecule has 272 valence electrons. The molecule has 1 heterocycles. The fourth-order valence-electron chi connectivity index (χ4n) is 6.57. The van der Waals surface area contributed by atoms with E-state index in [2.05, 4.69) is 43.3 Å². The zero-order valence-electron chi connectivity index (χ0n) is 30.0. The van der Waals surface area contributed by atoms with Crippen LogP contribution < -0.4 is 0 Å². The van der Waals surface area contributed by atoms with Gasteiger partial charge in [0, 0.05) is 10.9 Å². The Bertz CT molecular complexity index is 1680. The number of ether oxygens (including phenoxy) is 5. The predicted molar refractivity (Wildman–Crippen MR) is 209 cm³/mol. The molecule has 6 nitrogen and oxygen atoms in total. The summed E-state index contributed by atoms with van der Waals surface area (Å²) in [5, 5.41) is 12.1. The molecule has 0 aliphatic carbocycles. The highest BCUT2D eigenvalue weighted by molar-refractivity contribution is 7.98. The van der Waals surface area contributed by atoms with Gasteiger partial charge < -0.3 is 28.8 Å². The van der Waals surface area contributed by atoms with E-state index < -0.39 is 12.2 Å². The summed E-state index contributed by atoms with van der Waals surface area (Å²) >= 11 is 0. The SMILES string of the molecule is C[C@@H]([C@@H](O)[C@@H](COCc1ccccc1)OCc1ccccc1)[S+]1C[C@H](OCc2ccccc2)[C@H](OCc2ccccc2)C1COCc1ccccc1. The van der Waals surface area contributed by atoms with E-state index >= 15 is 0 Å². The molecule has 0 amide bonds. The number of hydrogen-bond acceptors (Lipinski definition) is 6. The van der Waals surface area contributed by atoms with Crippen molar-refractivity contribution in [1.29, 1.82) is 0 Å². The van der Waals surface area contributed by atoms with Crippen molar-refractivity contribution < 1.29 is 28.8 Å². The smallest absolute Gasteiger partial charge is 0.170 e. The third-order valence-electron chi connectivity index (χ3n) is 9.50. The van der Waals surface area contributed by atoms with Gasteiger partial charge >= 0.3 is 0 Å². The van der Waals surface area contributed by atoms with Crippen LogP contribution in [-0.2, 0) is 67.6 Å². The molecule has 1 saturated heterocycles. The average molecular weight is 720 g/mol. The number of benzene rings is 5. The van der Waals surface area contributed by atoms with Crippen molar-refractivity contribution in [3.05, 3.63) is 179 Å². The Morgan fingerprint density at radius 2 is 0.981 bits per heavy atom. The van der Waals surface area contributed by atoms with Crippen molar-refractivity contribution in [3.63, 3.8) is 0 Å². The number of hydrogen-bond donors (Lipinski definition) is 1. The number of aliphatic hydroxyl groups excluding tert-OH is 1. The zero-order chi connectivity index (χ0) is 35.8.